The molecule has 24 heavy (non-hydrogen) atoms. The van der Waals surface area contributed by atoms with Gasteiger partial charge in [0.15, 0.2) is 0 Å². The van der Waals surface area contributed by atoms with Gasteiger partial charge in [-0.1, -0.05) is 63.3 Å². The Morgan fingerprint density at radius 2 is 1.33 bits per heavy atom. The summed E-state index contributed by atoms with van der Waals surface area (Å²) in [5, 5.41) is 21.9. The largest absolute Gasteiger partial charge is 0.394 e. The summed E-state index contributed by atoms with van der Waals surface area (Å²) in [7, 11) is 1.79. The summed E-state index contributed by atoms with van der Waals surface area (Å²) >= 11 is 0. The number of rotatable bonds is 13. The van der Waals surface area contributed by atoms with Crippen molar-refractivity contribution in [2.75, 3.05) is 20.3 Å². The fourth-order valence-corrected chi connectivity index (χ4v) is 2.86. The fourth-order valence-electron chi connectivity index (χ4n) is 2.86. The van der Waals surface area contributed by atoms with Gasteiger partial charge in [-0.25, -0.2) is 0 Å². The Hall–Kier alpha value is -0.610. The highest BCUT2D eigenvalue weighted by Crippen LogP contribution is 2.16. The van der Waals surface area contributed by atoms with E-state index in [1.165, 1.54) is 56.1 Å². The topological polar surface area (TPSA) is 52.5 Å². The Balaban J connectivity index is 0.00000529. The number of halogens is 1. The molecule has 3 N–H and O–H groups in total. The highest BCUT2D eigenvalue weighted by atomic mass is 35.5. The predicted molar refractivity (Wildman–Crippen MR) is 105 cm³/mol. The second kappa shape index (κ2) is 13.7. The van der Waals surface area contributed by atoms with Gasteiger partial charge in [-0.05, 0) is 43.9 Å². The van der Waals surface area contributed by atoms with E-state index in [4.69, 9.17) is 0 Å². The standard InChI is InChI=1S/C20H35NO2.ClH/c1-3-4-5-6-7-8-9-18-10-12-19(13-11-18)14-15-20(16-22,17-23)21-2;/h10-13,21-23H,3-9,14-17H2,1-2H3;1H. The molecule has 0 amide bonds. The molecule has 0 heterocycles. The molecule has 0 saturated carbocycles. The molecule has 0 atom stereocenters. The van der Waals surface area contributed by atoms with Crippen LogP contribution in [-0.2, 0) is 12.8 Å². The van der Waals surface area contributed by atoms with Crippen molar-refractivity contribution in [1.29, 1.82) is 0 Å². The second-order valence-corrected chi connectivity index (χ2v) is 6.68. The van der Waals surface area contributed by atoms with Crippen LogP contribution in [-0.4, -0.2) is 36.0 Å². The summed E-state index contributed by atoms with van der Waals surface area (Å²) in [5.41, 5.74) is 2.10. The average molecular weight is 358 g/mol. The third kappa shape index (κ3) is 8.48. The molecule has 3 nitrogen and oxygen atoms in total. The Bertz CT molecular complexity index is 396. The van der Waals surface area contributed by atoms with Gasteiger partial charge >= 0.3 is 0 Å². The number of aliphatic hydroxyl groups is 2. The van der Waals surface area contributed by atoms with Gasteiger partial charge in [-0.15, -0.1) is 12.4 Å². The molecular formula is C20H36ClNO2. The van der Waals surface area contributed by atoms with Gasteiger partial charge in [0.2, 0.25) is 0 Å². The molecule has 1 aromatic rings. The van der Waals surface area contributed by atoms with Crippen LogP contribution in [0, 0.1) is 0 Å². The maximum atomic E-state index is 9.45. The smallest absolute Gasteiger partial charge is 0.0648 e. The maximum absolute atomic E-state index is 9.45. The van der Waals surface area contributed by atoms with Gasteiger partial charge in [0.05, 0.1) is 18.8 Å². The summed E-state index contributed by atoms with van der Waals surface area (Å²) in [6.45, 7) is 2.16. The van der Waals surface area contributed by atoms with Crippen molar-refractivity contribution in [1.82, 2.24) is 5.32 Å². The van der Waals surface area contributed by atoms with E-state index in [1.807, 2.05) is 0 Å². The molecule has 0 saturated heterocycles. The van der Waals surface area contributed by atoms with Gasteiger partial charge in [-0.2, -0.15) is 0 Å². The zero-order valence-electron chi connectivity index (χ0n) is 15.4. The Morgan fingerprint density at radius 3 is 1.83 bits per heavy atom. The number of nitrogens with one attached hydrogen (secondary N) is 1. The van der Waals surface area contributed by atoms with Crippen LogP contribution in [0.25, 0.3) is 0 Å². The summed E-state index contributed by atoms with van der Waals surface area (Å²) in [5.74, 6) is 0. The molecule has 0 bridgehead atoms. The first-order valence-electron chi connectivity index (χ1n) is 9.18. The fraction of sp³-hybridized carbons (Fsp3) is 0.700. The molecule has 0 fully saturated rings. The maximum Gasteiger partial charge on any atom is 0.0648 e. The minimum Gasteiger partial charge on any atom is -0.394 e. The molecular weight excluding hydrogens is 322 g/mol. The van der Waals surface area contributed by atoms with Gasteiger partial charge in [0, 0.05) is 0 Å². The molecule has 0 aromatic heterocycles. The zero-order valence-corrected chi connectivity index (χ0v) is 16.2. The summed E-state index contributed by atoms with van der Waals surface area (Å²) in [6.07, 6.45) is 10.8. The van der Waals surface area contributed by atoms with Crippen molar-refractivity contribution in [2.45, 2.75) is 70.3 Å². The van der Waals surface area contributed by atoms with Gasteiger partial charge in [0.25, 0.3) is 0 Å². The van der Waals surface area contributed by atoms with E-state index in [0.29, 0.717) is 0 Å². The number of likely N-dealkylation sites (N-methyl/N-ethyl adjacent to an activating group) is 1. The Labute approximate surface area is 154 Å². The molecule has 0 spiro atoms. The van der Waals surface area contributed by atoms with E-state index < -0.39 is 5.54 Å². The Morgan fingerprint density at radius 1 is 0.833 bits per heavy atom. The molecule has 0 aliphatic carbocycles. The number of benzene rings is 1. The lowest BCUT2D eigenvalue weighted by molar-refractivity contribution is 0.0906. The average Bonchev–Trinajstić information content (AvgIpc) is 2.61. The van der Waals surface area contributed by atoms with Crippen LogP contribution in [0.3, 0.4) is 0 Å². The van der Waals surface area contributed by atoms with Crippen LogP contribution in [0.15, 0.2) is 24.3 Å². The molecule has 1 aromatic carbocycles. The van der Waals surface area contributed by atoms with E-state index in [2.05, 4.69) is 36.5 Å². The third-order valence-electron chi connectivity index (χ3n) is 4.87. The van der Waals surface area contributed by atoms with E-state index in [1.54, 1.807) is 7.05 Å². The lowest BCUT2D eigenvalue weighted by atomic mass is 9.92. The van der Waals surface area contributed by atoms with Crippen molar-refractivity contribution in [3.8, 4) is 0 Å². The van der Waals surface area contributed by atoms with Crippen molar-refractivity contribution >= 4 is 12.4 Å². The molecule has 140 valence electrons. The molecule has 0 radical (unpaired) electrons. The van der Waals surface area contributed by atoms with Gasteiger partial charge < -0.3 is 15.5 Å². The zero-order chi connectivity index (χ0) is 17.0. The van der Waals surface area contributed by atoms with Crippen molar-refractivity contribution in [2.24, 2.45) is 0 Å². The lowest BCUT2D eigenvalue weighted by Crippen LogP contribution is -2.50. The van der Waals surface area contributed by atoms with Crippen LogP contribution in [0.2, 0.25) is 0 Å². The summed E-state index contributed by atoms with van der Waals surface area (Å²) in [4.78, 5) is 0. The van der Waals surface area contributed by atoms with Crippen LogP contribution in [0.5, 0.6) is 0 Å². The number of hydrogen-bond acceptors (Lipinski definition) is 3. The highest BCUT2D eigenvalue weighted by Gasteiger charge is 2.25. The lowest BCUT2D eigenvalue weighted by Gasteiger charge is -2.29. The molecule has 0 aliphatic heterocycles. The summed E-state index contributed by atoms with van der Waals surface area (Å²) < 4.78 is 0. The molecule has 4 heteroatoms. The van der Waals surface area contributed by atoms with Crippen molar-refractivity contribution in [3.05, 3.63) is 35.4 Å². The first-order valence-corrected chi connectivity index (χ1v) is 9.18. The van der Waals surface area contributed by atoms with Crippen LogP contribution in [0.1, 0.15) is 63.0 Å². The molecule has 0 unspecified atom stereocenters. The first-order chi connectivity index (χ1) is 11.2. The number of aliphatic hydroxyl groups excluding tert-OH is 2. The van der Waals surface area contributed by atoms with Gasteiger partial charge in [0.1, 0.15) is 0 Å². The van der Waals surface area contributed by atoms with E-state index >= 15 is 0 Å². The number of hydrogen-bond donors (Lipinski definition) is 3. The third-order valence-corrected chi connectivity index (χ3v) is 4.87. The predicted octanol–water partition coefficient (Wildman–Crippen LogP) is 3.89. The SMILES string of the molecule is CCCCCCCCc1ccc(CCC(CO)(CO)NC)cc1.Cl. The van der Waals surface area contributed by atoms with E-state index in [-0.39, 0.29) is 25.6 Å². The quantitative estimate of drug-likeness (QED) is 0.469. The van der Waals surface area contributed by atoms with Crippen LogP contribution in [0.4, 0.5) is 0 Å². The monoisotopic (exact) mass is 357 g/mol. The normalized spacial score (nSPS) is 11.3. The number of aryl methyl sites for hydroxylation is 2. The molecule has 0 aliphatic rings. The van der Waals surface area contributed by atoms with E-state index in [0.717, 1.165) is 12.8 Å². The van der Waals surface area contributed by atoms with Gasteiger partial charge in [-0.3, -0.25) is 0 Å². The van der Waals surface area contributed by atoms with Crippen LogP contribution >= 0.6 is 12.4 Å². The minimum atomic E-state index is -0.572. The van der Waals surface area contributed by atoms with E-state index in [9.17, 15) is 10.2 Å². The highest BCUT2D eigenvalue weighted by molar-refractivity contribution is 5.85. The molecule has 1 rings (SSSR count). The number of unbranched alkanes of at least 4 members (excludes halogenated alkanes) is 5. The summed E-state index contributed by atoms with van der Waals surface area (Å²) in [6, 6.07) is 8.81. The Kier molecular flexibility index (Phi) is 13.3. The van der Waals surface area contributed by atoms with Crippen molar-refractivity contribution < 1.29 is 10.2 Å². The van der Waals surface area contributed by atoms with Crippen molar-refractivity contribution in [3.63, 3.8) is 0 Å². The minimum absolute atomic E-state index is 0. The second-order valence-electron chi connectivity index (χ2n) is 6.68. The van der Waals surface area contributed by atoms with Crippen LogP contribution < -0.4 is 5.32 Å². The first kappa shape index (κ1) is 23.4.